The maximum absolute atomic E-state index is 5.93. The fourth-order valence-electron chi connectivity index (χ4n) is 3.99. The van der Waals surface area contributed by atoms with Crippen LogP contribution in [0.3, 0.4) is 0 Å². The zero-order valence-electron chi connectivity index (χ0n) is 21.6. The molecule has 0 aliphatic heterocycles. The molecule has 2 rings (SSSR count). The highest BCUT2D eigenvalue weighted by Gasteiger charge is 2.16. The van der Waals surface area contributed by atoms with Crippen LogP contribution in [-0.2, 0) is 0 Å². The van der Waals surface area contributed by atoms with Gasteiger partial charge in [0, 0.05) is 5.56 Å². The molecule has 0 aliphatic carbocycles. The van der Waals surface area contributed by atoms with Crippen LogP contribution < -0.4 is 9.47 Å². The summed E-state index contributed by atoms with van der Waals surface area (Å²) in [5.74, 6) is 2.35. The smallest absolute Gasteiger partial charge is 0.159 e. The van der Waals surface area contributed by atoms with Crippen LogP contribution in [0, 0.1) is 5.41 Å². The zero-order chi connectivity index (χ0) is 23.8. The van der Waals surface area contributed by atoms with E-state index in [4.69, 9.17) is 9.47 Å². The van der Waals surface area contributed by atoms with Crippen molar-refractivity contribution in [3.8, 4) is 22.9 Å². The van der Waals surface area contributed by atoms with Gasteiger partial charge >= 0.3 is 0 Å². The predicted molar refractivity (Wildman–Crippen MR) is 139 cm³/mol. The van der Waals surface area contributed by atoms with Gasteiger partial charge in [0.15, 0.2) is 11.6 Å². The van der Waals surface area contributed by atoms with Crippen molar-refractivity contribution in [2.75, 3.05) is 13.2 Å². The van der Waals surface area contributed by atoms with Gasteiger partial charge in [0.2, 0.25) is 0 Å². The Kier molecular flexibility index (Phi) is 12.9. The Morgan fingerprint density at radius 3 is 1.82 bits per heavy atom. The summed E-state index contributed by atoms with van der Waals surface area (Å²) in [4.78, 5) is 8.91. The summed E-state index contributed by atoms with van der Waals surface area (Å²) < 4.78 is 11.7. The third-order valence-electron chi connectivity index (χ3n) is 6.23. The molecule has 0 spiro atoms. The van der Waals surface area contributed by atoms with Gasteiger partial charge in [-0.05, 0) is 55.4 Å². The summed E-state index contributed by atoms with van der Waals surface area (Å²) in [7, 11) is 0. The molecule has 0 radical (unpaired) electrons. The van der Waals surface area contributed by atoms with Gasteiger partial charge in [-0.25, -0.2) is 9.97 Å². The van der Waals surface area contributed by atoms with E-state index in [2.05, 4.69) is 37.7 Å². The summed E-state index contributed by atoms with van der Waals surface area (Å²) in [6, 6.07) is 8.06. The highest BCUT2D eigenvalue weighted by molar-refractivity contribution is 5.56. The molecule has 0 unspecified atom stereocenters. The third-order valence-corrected chi connectivity index (χ3v) is 6.23. The largest absolute Gasteiger partial charge is 0.494 e. The second kappa shape index (κ2) is 15.7. The van der Waals surface area contributed by atoms with Crippen molar-refractivity contribution in [1.82, 2.24) is 9.97 Å². The first-order valence-electron chi connectivity index (χ1n) is 13.2. The van der Waals surface area contributed by atoms with Gasteiger partial charge in [0.05, 0.1) is 25.6 Å². The molecular formula is C29H46N2O2. The second-order valence-corrected chi connectivity index (χ2v) is 9.96. The van der Waals surface area contributed by atoms with E-state index in [-0.39, 0.29) is 0 Å². The number of aromatic nitrogens is 2. The number of rotatable bonds is 18. The number of hydrogen-bond donors (Lipinski definition) is 0. The van der Waals surface area contributed by atoms with Crippen LogP contribution in [-0.4, -0.2) is 23.2 Å². The molecule has 0 saturated heterocycles. The molecule has 4 heteroatoms. The first kappa shape index (κ1) is 27.1. The van der Waals surface area contributed by atoms with Crippen LogP contribution >= 0.6 is 0 Å². The lowest BCUT2D eigenvalue weighted by atomic mass is 9.82. The lowest BCUT2D eigenvalue weighted by Gasteiger charge is -2.24. The van der Waals surface area contributed by atoms with Gasteiger partial charge in [-0.3, -0.25) is 0 Å². The maximum atomic E-state index is 5.93. The Bertz CT molecular complexity index is 741. The van der Waals surface area contributed by atoms with Crippen LogP contribution in [0.4, 0.5) is 0 Å². The fourth-order valence-corrected chi connectivity index (χ4v) is 3.99. The minimum absolute atomic E-state index is 0.500. The zero-order valence-corrected chi connectivity index (χ0v) is 21.6. The molecule has 1 aromatic heterocycles. The van der Waals surface area contributed by atoms with Crippen molar-refractivity contribution >= 4 is 0 Å². The highest BCUT2D eigenvalue weighted by atomic mass is 16.5. The average Bonchev–Trinajstić information content (AvgIpc) is 2.83. The fraction of sp³-hybridized carbons (Fsp3) is 0.655. The predicted octanol–water partition coefficient (Wildman–Crippen LogP) is 8.65. The van der Waals surface area contributed by atoms with E-state index in [9.17, 15) is 0 Å². The molecule has 1 heterocycles. The standard InChI is InChI=1S/C29H46N2O2/c1-5-7-9-13-22-33-27-23-30-28(31-24-27)25-15-17-26(18-16-25)32-21-14-11-10-12-20-29(3,4)19-8-6-2/h15-18,23-24H,5-14,19-22H2,1-4H3. The van der Waals surface area contributed by atoms with E-state index in [1.807, 2.05) is 24.3 Å². The minimum atomic E-state index is 0.500. The van der Waals surface area contributed by atoms with Crippen molar-refractivity contribution in [2.45, 2.75) is 105 Å². The van der Waals surface area contributed by atoms with Gasteiger partial charge in [-0.1, -0.05) is 79.1 Å². The molecule has 0 bridgehead atoms. The van der Waals surface area contributed by atoms with E-state index in [1.54, 1.807) is 12.4 Å². The SMILES string of the molecule is CCCCCCOc1cnc(-c2ccc(OCCCCCCC(C)(C)CCCC)cc2)nc1. The van der Waals surface area contributed by atoms with Crippen LogP contribution in [0.15, 0.2) is 36.7 Å². The van der Waals surface area contributed by atoms with E-state index < -0.39 is 0 Å². The number of benzene rings is 1. The van der Waals surface area contributed by atoms with E-state index in [1.165, 1.54) is 64.2 Å². The number of hydrogen-bond acceptors (Lipinski definition) is 4. The Morgan fingerprint density at radius 2 is 1.18 bits per heavy atom. The number of ether oxygens (including phenoxy) is 2. The molecule has 0 N–H and O–H groups in total. The van der Waals surface area contributed by atoms with Gasteiger partial charge in [0.25, 0.3) is 0 Å². The summed E-state index contributed by atoms with van der Waals surface area (Å²) >= 11 is 0. The molecule has 2 aromatic rings. The Morgan fingerprint density at radius 1 is 0.636 bits per heavy atom. The molecule has 4 nitrogen and oxygen atoms in total. The summed E-state index contributed by atoms with van der Waals surface area (Å²) in [5, 5.41) is 0. The second-order valence-electron chi connectivity index (χ2n) is 9.96. The maximum Gasteiger partial charge on any atom is 0.159 e. The molecule has 0 fully saturated rings. The monoisotopic (exact) mass is 454 g/mol. The van der Waals surface area contributed by atoms with Crippen molar-refractivity contribution in [3.63, 3.8) is 0 Å². The van der Waals surface area contributed by atoms with Gasteiger partial charge in [-0.2, -0.15) is 0 Å². The molecule has 0 saturated carbocycles. The Balaban J connectivity index is 1.62. The molecule has 1 aromatic carbocycles. The van der Waals surface area contributed by atoms with Crippen molar-refractivity contribution in [3.05, 3.63) is 36.7 Å². The Hall–Kier alpha value is -2.10. The molecule has 0 atom stereocenters. The van der Waals surface area contributed by atoms with Crippen molar-refractivity contribution in [2.24, 2.45) is 5.41 Å². The summed E-state index contributed by atoms with van der Waals surface area (Å²) in [6.45, 7) is 10.8. The van der Waals surface area contributed by atoms with Crippen molar-refractivity contribution < 1.29 is 9.47 Å². The van der Waals surface area contributed by atoms with Crippen LogP contribution in [0.5, 0.6) is 11.5 Å². The van der Waals surface area contributed by atoms with E-state index >= 15 is 0 Å². The average molecular weight is 455 g/mol. The van der Waals surface area contributed by atoms with Gasteiger partial charge in [-0.15, -0.1) is 0 Å². The lowest BCUT2D eigenvalue weighted by Crippen LogP contribution is -2.10. The minimum Gasteiger partial charge on any atom is -0.494 e. The quantitative estimate of drug-likeness (QED) is 0.211. The molecule has 33 heavy (non-hydrogen) atoms. The lowest BCUT2D eigenvalue weighted by molar-refractivity contribution is 0.277. The molecule has 0 amide bonds. The molecular weight excluding hydrogens is 408 g/mol. The van der Waals surface area contributed by atoms with Crippen LogP contribution in [0.1, 0.15) is 105 Å². The van der Waals surface area contributed by atoms with Crippen LogP contribution in [0.25, 0.3) is 11.4 Å². The Labute approximate surface area is 202 Å². The molecule has 184 valence electrons. The topological polar surface area (TPSA) is 44.2 Å². The number of nitrogens with zero attached hydrogens (tertiary/aromatic N) is 2. The summed E-state index contributed by atoms with van der Waals surface area (Å²) in [6.07, 6.45) is 18.6. The number of unbranched alkanes of at least 4 members (excludes halogenated alkanes) is 7. The molecule has 0 aliphatic rings. The first-order chi connectivity index (χ1) is 16.0. The van der Waals surface area contributed by atoms with E-state index in [0.29, 0.717) is 11.2 Å². The van der Waals surface area contributed by atoms with E-state index in [0.717, 1.165) is 43.1 Å². The summed E-state index contributed by atoms with van der Waals surface area (Å²) in [5.41, 5.74) is 1.49. The normalized spacial score (nSPS) is 11.5. The third kappa shape index (κ3) is 11.5. The first-order valence-corrected chi connectivity index (χ1v) is 13.2. The van der Waals surface area contributed by atoms with Crippen molar-refractivity contribution in [1.29, 1.82) is 0 Å². The highest BCUT2D eigenvalue weighted by Crippen LogP contribution is 2.30. The van der Waals surface area contributed by atoms with Gasteiger partial charge in [0.1, 0.15) is 5.75 Å². The van der Waals surface area contributed by atoms with Gasteiger partial charge < -0.3 is 9.47 Å². The van der Waals surface area contributed by atoms with Crippen LogP contribution in [0.2, 0.25) is 0 Å².